The molecule has 1 aromatic heterocycles. The predicted octanol–water partition coefficient (Wildman–Crippen LogP) is 4.67. The molecule has 2 aromatic carbocycles. The number of nitrogens with one attached hydrogen (secondary N) is 2. The molecule has 180 valence electrons. The number of carbonyl (C=O) groups is 3. The van der Waals surface area contributed by atoms with E-state index in [0.29, 0.717) is 25.1 Å². The molecule has 1 aliphatic rings. The molecule has 8 nitrogen and oxygen atoms in total. The Labute approximate surface area is 203 Å². The zero-order chi connectivity index (χ0) is 24.8. The van der Waals surface area contributed by atoms with Gasteiger partial charge in [0, 0.05) is 12.5 Å². The van der Waals surface area contributed by atoms with E-state index >= 15 is 0 Å². The number of carboxylic acid groups (broad SMARTS) is 1. The first-order valence-electron chi connectivity index (χ1n) is 11.5. The standard InChI is InChI=1S/C27H27N3O5/c1-17(26(32)33)7-6-14-28-25(31)24-13-12-18(15-29-24)30-27(34)35-16-23-21-10-4-2-8-19(21)20-9-3-5-11-22(20)23/h2-5,8-13,15,17,23H,6-7,14,16H2,1H3,(H,28,31)(H,30,34)(H,32,33). The van der Waals surface area contributed by atoms with Crippen molar-refractivity contribution in [3.05, 3.63) is 83.7 Å². The monoisotopic (exact) mass is 473 g/mol. The molecule has 8 heteroatoms. The second kappa shape index (κ2) is 10.8. The number of carboxylic acids is 1. The molecular formula is C27H27N3O5. The molecule has 0 aliphatic heterocycles. The van der Waals surface area contributed by atoms with Gasteiger partial charge in [-0.25, -0.2) is 9.78 Å². The number of fused-ring (bicyclic) bond motifs is 3. The molecule has 0 bridgehead atoms. The lowest BCUT2D eigenvalue weighted by molar-refractivity contribution is -0.141. The number of rotatable bonds is 9. The van der Waals surface area contributed by atoms with E-state index in [2.05, 4.69) is 39.9 Å². The second-order valence-electron chi connectivity index (χ2n) is 8.52. The third-order valence-electron chi connectivity index (χ3n) is 6.11. The van der Waals surface area contributed by atoms with Gasteiger partial charge in [-0.15, -0.1) is 0 Å². The van der Waals surface area contributed by atoms with E-state index in [1.54, 1.807) is 13.0 Å². The first-order chi connectivity index (χ1) is 16.9. The number of amides is 2. The van der Waals surface area contributed by atoms with E-state index in [9.17, 15) is 14.4 Å². The molecule has 0 radical (unpaired) electrons. The zero-order valence-corrected chi connectivity index (χ0v) is 19.4. The molecule has 35 heavy (non-hydrogen) atoms. The minimum absolute atomic E-state index is 0.0316. The topological polar surface area (TPSA) is 118 Å². The van der Waals surface area contributed by atoms with Crippen LogP contribution in [-0.2, 0) is 9.53 Å². The summed E-state index contributed by atoms with van der Waals surface area (Å²) in [6.07, 6.45) is 1.83. The van der Waals surface area contributed by atoms with Crippen molar-refractivity contribution in [2.45, 2.75) is 25.7 Å². The number of aromatic nitrogens is 1. The molecule has 1 aliphatic carbocycles. The lowest BCUT2D eigenvalue weighted by Crippen LogP contribution is -2.26. The fourth-order valence-corrected chi connectivity index (χ4v) is 4.18. The first-order valence-corrected chi connectivity index (χ1v) is 11.5. The maximum atomic E-state index is 12.4. The normalized spacial score (nSPS) is 12.8. The summed E-state index contributed by atoms with van der Waals surface area (Å²) in [5.74, 6) is -1.69. The minimum atomic E-state index is -0.850. The highest BCUT2D eigenvalue weighted by molar-refractivity contribution is 5.93. The summed E-state index contributed by atoms with van der Waals surface area (Å²) < 4.78 is 5.52. The van der Waals surface area contributed by atoms with E-state index < -0.39 is 18.0 Å². The number of ether oxygens (including phenoxy) is 1. The number of pyridine rings is 1. The van der Waals surface area contributed by atoms with Crippen molar-refractivity contribution in [3.63, 3.8) is 0 Å². The van der Waals surface area contributed by atoms with Gasteiger partial charge in [0.1, 0.15) is 12.3 Å². The molecule has 1 unspecified atom stereocenters. The van der Waals surface area contributed by atoms with Gasteiger partial charge in [-0.05, 0) is 47.2 Å². The molecule has 3 aromatic rings. The van der Waals surface area contributed by atoms with Crippen LogP contribution in [0.5, 0.6) is 0 Å². The van der Waals surface area contributed by atoms with E-state index in [4.69, 9.17) is 9.84 Å². The molecule has 1 heterocycles. The number of hydrogen-bond donors (Lipinski definition) is 3. The van der Waals surface area contributed by atoms with Crippen LogP contribution in [0.3, 0.4) is 0 Å². The van der Waals surface area contributed by atoms with Crippen LogP contribution in [0.25, 0.3) is 11.1 Å². The molecule has 1 atom stereocenters. The smallest absolute Gasteiger partial charge is 0.411 e. The van der Waals surface area contributed by atoms with Crippen molar-refractivity contribution >= 4 is 23.7 Å². The van der Waals surface area contributed by atoms with E-state index in [0.717, 1.165) is 22.3 Å². The summed E-state index contributed by atoms with van der Waals surface area (Å²) in [5.41, 5.74) is 5.20. The minimum Gasteiger partial charge on any atom is -0.481 e. The van der Waals surface area contributed by atoms with Crippen molar-refractivity contribution in [3.8, 4) is 11.1 Å². The van der Waals surface area contributed by atoms with Gasteiger partial charge in [-0.1, -0.05) is 55.5 Å². The SMILES string of the molecule is CC(CCCNC(=O)c1ccc(NC(=O)OCC2c3ccccc3-c3ccccc32)cn1)C(=O)O. The number of aliphatic carboxylic acids is 1. The van der Waals surface area contributed by atoms with Crippen LogP contribution < -0.4 is 10.6 Å². The molecule has 2 amide bonds. The summed E-state index contributed by atoms with van der Waals surface area (Å²) in [4.78, 5) is 39.5. The first kappa shape index (κ1) is 23.9. The highest BCUT2D eigenvalue weighted by Gasteiger charge is 2.29. The summed E-state index contributed by atoms with van der Waals surface area (Å²) in [5, 5.41) is 14.2. The Morgan fingerprint density at radius 2 is 1.66 bits per heavy atom. The zero-order valence-electron chi connectivity index (χ0n) is 19.4. The van der Waals surface area contributed by atoms with Crippen molar-refractivity contribution in [2.24, 2.45) is 5.92 Å². The lowest BCUT2D eigenvalue weighted by atomic mass is 9.98. The molecule has 0 saturated carbocycles. The molecule has 0 spiro atoms. The Morgan fingerprint density at radius 1 is 1.00 bits per heavy atom. The van der Waals surface area contributed by atoms with Crippen LogP contribution in [0.2, 0.25) is 0 Å². The maximum Gasteiger partial charge on any atom is 0.411 e. The Morgan fingerprint density at radius 3 is 2.26 bits per heavy atom. The Balaban J connectivity index is 1.27. The van der Waals surface area contributed by atoms with Gasteiger partial charge in [0.2, 0.25) is 0 Å². The van der Waals surface area contributed by atoms with Crippen molar-refractivity contribution in [2.75, 3.05) is 18.5 Å². The van der Waals surface area contributed by atoms with E-state index in [1.165, 1.54) is 12.3 Å². The predicted molar refractivity (Wildman–Crippen MR) is 131 cm³/mol. The highest BCUT2D eigenvalue weighted by atomic mass is 16.5. The summed E-state index contributed by atoms with van der Waals surface area (Å²) >= 11 is 0. The highest BCUT2D eigenvalue weighted by Crippen LogP contribution is 2.44. The van der Waals surface area contributed by atoms with Crippen LogP contribution in [0.1, 0.15) is 47.3 Å². The number of hydrogen-bond acceptors (Lipinski definition) is 5. The second-order valence-corrected chi connectivity index (χ2v) is 8.52. The number of anilines is 1. The van der Waals surface area contributed by atoms with Crippen LogP contribution >= 0.6 is 0 Å². The van der Waals surface area contributed by atoms with Crippen LogP contribution in [0, 0.1) is 5.92 Å². The van der Waals surface area contributed by atoms with Crippen molar-refractivity contribution < 1.29 is 24.2 Å². The average Bonchev–Trinajstić information content (AvgIpc) is 3.19. The molecule has 0 saturated heterocycles. The van der Waals surface area contributed by atoms with Crippen molar-refractivity contribution in [1.82, 2.24) is 10.3 Å². The number of carbonyl (C=O) groups excluding carboxylic acids is 2. The third kappa shape index (κ3) is 5.66. The Kier molecular flexibility index (Phi) is 7.40. The number of nitrogens with zero attached hydrogens (tertiary/aromatic N) is 1. The summed E-state index contributed by atoms with van der Waals surface area (Å²) in [7, 11) is 0. The van der Waals surface area contributed by atoms with Gasteiger partial charge in [-0.3, -0.25) is 14.9 Å². The van der Waals surface area contributed by atoms with Gasteiger partial charge >= 0.3 is 12.1 Å². The molecule has 3 N–H and O–H groups in total. The van der Waals surface area contributed by atoms with E-state index in [1.807, 2.05) is 24.3 Å². The van der Waals surface area contributed by atoms with Crippen molar-refractivity contribution in [1.29, 1.82) is 0 Å². The molecular weight excluding hydrogens is 446 g/mol. The Bertz CT molecular complexity index is 1180. The van der Waals surface area contributed by atoms with Crippen LogP contribution in [0.4, 0.5) is 10.5 Å². The lowest BCUT2D eigenvalue weighted by Gasteiger charge is -2.14. The molecule has 4 rings (SSSR count). The van der Waals surface area contributed by atoms with Crippen LogP contribution in [-0.4, -0.2) is 41.2 Å². The van der Waals surface area contributed by atoms with E-state index in [-0.39, 0.29) is 24.1 Å². The molecule has 0 fully saturated rings. The largest absolute Gasteiger partial charge is 0.481 e. The maximum absolute atomic E-state index is 12.4. The van der Waals surface area contributed by atoms with Gasteiger partial charge in [-0.2, -0.15) is 0 Å². The van der Waals surface area contributed by atoms with Gasteiger partial charge in [0.25, 0.3) is 5.91 Å². The van der Waals surface area contributed by atoms with Crippen LogP contribution in [0.15, 0.2) is 66.9 Å². The summed E-state index contributed by atoms with van der Waals surface area (Å²) in [6, 6.07) is 19.3. The average molecular weight is 474 g/mol. The fourth-order valence-electron chi connectivity index (χ4n) is 4.18. The third-order valence-corrected chi connectivity index (χ3v) is 6.11. The fraction of sp³-hybridized carbons (Fsp3) is 0.259. The Hall–Kier alpha value is -4.20. The van der Waals surface area contributed by atoms with Gasteiger partial charge < -0.3 is 15.2 Å². The number of benzene rings is 2. The van der Waals surface area contributed by atoms with Gasteiger partial charge in [0.15, 0.2) is 0 Å². The summed E-state index contributed by atoms with van der Waals surface area (Å²) in [6.45, 7) is 2.19. The quantitative estimate of drug-likeness (QED) is 0.389. The van der Waals surface area contributed by atoms with Gasteiger partial charge in [0.05, 0.1) is 17.8 Å².